The second kappa shape index (κ2) is 6.90. The van der Waals surface area contributed by atoms with Gasteiger partial charge in [-0.25, -0.2) is 4.57 Å². The Kier molecular flexibility index (Phi) is 16.2. The van der Waals surface area contributed by atoms with E-state index in [0.29, 0.717) is 0 Å². The number of phosphoric acid groups is 1. The van der Waals surface area contributed by atoms with Crippen molar-refractivity contribution >= 4 is 56.7 Å². The second-order valence-corrected chi connectivity index (χ2v) is 1.54. The molecule has 0 amide bonds. The van der Waals surface area contributed by atoms with Crippen molar-refractivity contribution in [3.8, 4) is 0 Å². The molecule has 0 bridgehead atoms. The molecule has 0 fully saturated rings. The fraction of sp³-hybridized carbons (Fsp3) is 0. The van der Waals surface area contributed by atoms with Crippen molar-refractivity contribution in [1.82, 2.24) is 0 Å². The monoisotopic (exact) mass is 325 g/mol. The van der Waals surface area contributed by atoms with Crippen molar-refractivity contribution in [2.24, 2.45) is 0 Å². The molecular formula is H3BaO4PY. The van der Waals surface area contributed by atoms with Crippen LogP contribution in [0.5, 0.6) is 0 Å². The van der Waals surface area contributed by atoms with Gasteiger partial charge in [-0.05, 0) is 0 Å². The molecule has 4 nitrogen and oxygen atoms in total. The predicted octanol–water partition coefficient (Wildman–Crippen LogP) is -1.31. The molecule has 3 N–H and O–H groups in total. The maximum atomic E-state index is 8.88. The molecule has 0 aliphatic rings. The van der Waals surface area contributed by atoms with Crippen LogP contribution in [0.1, 0.15) is 0 Å². The minimum Gasteiger partial charge on any atom is -0.303 e. The largest absolute Gasteiger partial charge is 0.466 e. The zero-order valence-electron chi connectivity index (χ0n) is 3.48. The van der Waals surface area contributed by atoms with Crippen LogP contribution < -0.4 is 0 Å². The molecule has 0 atom stereocenters. The van der Waals surface area contributed by atoms with Gasteiger partial charge in [-0.3, -0.25) is 0 Å². The standard InChI is InChI=1S/Ba.H3O4P.Y/c;1-5(2,3)4;/h;(H3,1,2,3,4);. The average Bonchev–Trinajstić information content (AvgIpc) is 0.722. The molecule has 0 rings (SSSR count). The average molecular weight is 324 g/mol. The second-order valence-electron chi connectivity index (χ2n) is 0.513. The van der Waals surface area contributed by atoms with Gasteiger partial charge >= 0.3 is 7.82 Å². The Morgan fingerprint density at radius 3 is 1.14 bits per heavy atom. The quantitative estimate of drug-likeness (QED) is 0.382. The summed E-state index contributed by atoms with van der Waals surface area (Å²) in [4.78, 5) is 21.6. The van der Waals surface area contributed by atoms with E-state index in [4.69, 9.17) is 19.2 Å². The van der Waals surface area contributed by atoms with Crippen LogP contribution in [0.3, 0.4) is 0 Å². The predicted molar refractivity (Wildman–Crippen MR) is 20.0 cm³/mol. The van der Waals surface area contributed by atoms with E-state index in [2.05, 4.69) is 0 Å². The molecular weight excluding hydrogens is 321 g/mol. The summed E-state index contributed by atoms with van der Waals surface area (Å²) in [7, 11) is -4.64. The Balaban J connectivity index is -0.0000000800. The Morgan fingerprint density at radius 2 is 1.14 bits per heavy atom. The van der Waals surface area contributed by atoms with Gasteiger partial charge in [0.15, 0.2) is 0 Å². The first kappa shape index (κ1) is 16.4. The van der Waals surface area contributed by atoms with Crippen LogP contribution in [0.4, 0.5) is 0 Å². The van der Waals surface area contributed by atoms with Gasteiger partial charge < -0.3 is 14.7 Å². The van der Waals surface area contributed by atoms with Gasteiger partial charge in [0.05, 0.1) is 0 Å². The third-order valence-electron chi connectivity index (χ3n) is 0. The molecule has 0 saturated carbocycles. The van der Waals surface area contributed by atoms with E-state index in [0.717, 1.165) is 0 Å². The molecule has 0 unspecified atom stereocenters. The molecule has 0 heterocycles. The summed E-state index contributed by atoms with van der Waals surface area (Å²) in [6, 6.07) is 0. The molecule has 0 aliphatic carbocycles. The van der Waals surface area contributed by atoms with Crippen LogP contribution >= 0.6 is 7.82 Å². The van der Waals surface area contributed by atoms with Gasteiger partial charge in [0.1, 0.15) is 0 Å². The van der Waals surface area contributed by atoms with E-state index in [9.17, 15) is 0 Å². The molecule has 0 spiro atoms. The van der Waals surface area contributed by atoms with Gasteiger partial charge in [-0.15, -0.1) is 0 Å². The van der Waals surface area contributed by atoms with Crippen molar-refractivity contribution < 1.29 is 52.0 Å². The smallest absolute Gasteiger partial charge is 0.303 e. The van der Waals surface area contributed by atoms with Crippen molar-refractivity contribution in [3.63, 3.8) is 0 Å². The fourth-order valence-electron chi connectivity index (χ4n) is 0. The first-order chi connectivity index (χ1) is 2.00. The zero-order valence-corrected chi connectivity index (χ0v) is 11.7. The number of hydrogen-bond acceptors (Lipinski definition) is 1. The van der Waals surface area contributed by atoms with E-state index in [1.807, 2.05) is 0 Å². The van der Waals surface area contributed by atoms with Crippen molar-refractivity contribution in [2.45, 2.75) is 0 Å². The van der Waals surface area contributed by atoms with E-state index in [-0.39, 0.29) is 81.6 Å². The summed E-state index contributed by atoms with van der Waals surface area (Å²) >= 11 is 0. The van der Waals surface area contributed by atoms with Crippen molar-refractivity contribution in [3.05, 3.63) is 0 Å². The maximum Gasteiger partial charge on any atom is 0.466 e. The summed E-state index contributed by atoms with van der Waals surface area (Å²) < 4.78 is 8.88. The fourth-order valence-corrected chi connectivity index (χ4v) is 0. The molecule has 0 aromatic carbocycles. The molecule has 0 aromatic heterocycles. The van der Waals surface area contributed by atoms with Gasteiger partial charge in [0.2, 0.25) is 0 Å². The topological polar surface area (TPSA) is 77.8 Å². The Hall–Kier alpha value is 2.79. The molecule has 0 saturated heterocycles. The first-order valence-electron chi connectivity index (χ1n) is 0.783. The van der Waals surface area contributed by atoms with Gasteiger partial charge in [0.25, 0.3) is 0 Å². The summed E-state index contributed by atoms with van der Waals surface area (Å²) in [5.74, 6) is 0. The molecule has 3 radical (unpaired) electrons. The van der Waals surface area contributed by atoms with E-state index in [1.54, 1.807) is 0 Å². The van der Waals surface area contributed by atoms with Gasteiger partial charge in [-0.1, -0.05) is 0 Å². The van der Waals surface area contributed by atoms with Gasteiger partial charge in [-0.2, -0.15) is 0 Å². The maximum absolute atomic E-state index is 8.88. The van der Waals surface area contributed by atoms with Crippen LogP contribution in [0.15, 0.2) is 0 Å². The molecule has 0 aliphatic heterocycles. The first-order valence-corrected chi connectivity index (χ1v) is 2.35. The summed E-state index contributed by atoms with van der Waals surface area (Å²) in [6.07, 6.45) is 0. The number of rotatable bonds is 0. The molecule has 7 heteroatoms. The normalized spacial score (nSPS) is 8.43. The third kappa shape index (κ3) is 52.1. The van der Waals surface area contributed by atoms with E-state index in [1.165, 1.54) is 0 Å². The minimum atomic E-state index is -4.64. The minimum absolute atomic E-state index is 0. The van der Waals surface area contributed by atoms with E-state index >= 15 is 0 Å². The van der Waals surface area contributed by atoms with Crippen LogP contribution in [0, 0.1) is 0 Å². The number of hydrogen-bond donors (Lipinski definition) is 3. The Bertz CT molecular complexity index is 57.8. The molecule has 0 aromatic rings. The summed E-state index contributed by atoms with van der Waals surface area (Å²) in [5, 5.41) is 0. The molecule has 7 heavy (non-hydrogen) atoms. The summed E-state index contributed by atoms with van der Waals surface area (Å²) in [6.45, 7) is 0. The van der Waals surface area contributed by atoms with Crippen LogP contribution in [0.2, 0.25) is 0 Å². The zero-order chi connectivity index (χ0) is 4.50. The molecule has 37 valence electrons. The van der Waals surface area contributed by atoms with Crippen molar-refractivity contribution in [1.29, 1.82) is 0 Å². The van der Waals surface area contributed by atoms with Crippen molar-refractivity contribution in [2.75, 3.05) is 0 Å². The Labute approximate surface area is 106 Å². The third-order valence-corrected chi connectivity index (χ3v) is 0. The summed E-state index contributed by atoms with van der Waals surface area (Å²) in [5.41, 5.74) is 0. The van der Waals surface area contributed by atoms with E-state index < -0.39 is 7.82 Å². The SMILES string of the molecule is O=P(O)(O)O.[Ba].[Y]. The van der Waals surface area contributed by atoms with Gasteiger partial charge in [0, 0.05) is 81.6 Å². The Morgan fingerprint density at radius 1 is 1.14 bits per heavy atom. The van der Waals surface area contributed by atoms with Crippen LogP contribution in [0.25, 0.3) is 0 Å². The van der Waals surface area contributed by atoms with Crippen LogP contribution in [-0.2, 0) is 37.3 Å². The van der Waals surface area contributed by atoms with Crippen LogP contribution in [-0.4, -0.2) is 63.6 Å².